The predicted octanol–water partition coefficient (Wildman–Crippen LogP) is 11.5. The number of unbranched alkanes of at least 4 members (excludes halogenated alkanes) is 24. The lowest BCUT2D eigenvalue weighted by molar-refractivity contribution is -0.161. The van der Waals surface area contributed by atoms with Gasteiger partial charge in [0.15, 0.2) is 6.10 Å². The highest BCUT2D eigenvalue weighted by molar-refractivity contribution is 7.48. The number of phosphoric ester groups is 1. The van der Waals surface area contributed by atoms with Crippen LogP contribution >= 0.6 is 7.82 Å². The van der Waals surface area contributed by atoms with E-state index in [2.05, 4.69) is 13.8 Å². The smallest absolute Gasteiger partial charge is 0.462 e. The molecule has 0 aliphatic heterocycles. The van der Waals surface area contributed by atoms with Crippen LogP contribution in [0.15, 0.2) is 0 Å². The van der Waals surface area contributed by atoms with E-state index >= 15 is 0 Å². The summed E-state index contributed by atoms with van der Waals surface area (Å²) < 4.78 is 39.8. The van der Waals surface area contributed by atoms with Crippen LogP contribution in [0.25, 0.3) is 0 Å². The van der Waals surface area contributed by atoms with Crippen molar-refractivity contribution in [2.75, 3.05) is 33.0 Å². The number of carbonyl (C=O) groups excluding carboxylic acids is 2. The summed E-state index contributed by atoms with van der Waals surface area (Å²) in [5, 5.41) is 0. The number of hydrogen-bond acceptors (Lipinski definition) is 9. The molecular weight excluding hydrogens is 641 g/mol. The Kier molecular flexibility index (Phi) is 36.0. The van der Waals surface area contributed by atoms with Crippen molar-refractivity contribution in [1.29, 1.82) is 0 Å². The third-order valence-corrected chi connectivity index (χ3v) is 10.3. The summed E-state index contributed by atoms with van der Waals surface area (Å²) in [4.78, 5) is 25.1. The molecule has 0 saturated carbocycles. The predicted molar refractivity (Wildman–Crippen MR) is 202 cm³/mol. The number of nitrogens with two attached hydrogens (primary N) is 1. The van der Waals surface area contributed by atoms with Crippen LogP contribution < -0.4 is 5.73 Å². The lowest BCUT2D eigenvalue weighted by Gasteiger charge is -2.22. The molecule has 2 N–H and O–H groups in total. The molecule has 0 spiro atoms. The standard InChI is InChI=1S/C39H78NO8P/c1-4-7-9-11-13-15-17-19-21-23-25-27-29-31-38(41)44-35-37(36-47-49(43,45-6-3)46-34-33-40)48-39(42)32-30-28-26-24-22-20-18-16-14-12-10-8-5-2/h37H,4-36,40H2,1-3H3. The molecule has 0 aromatic carbocycles. The maximum absolute atomic E-state index is 12.9. The van der Waals surface area contributed by atoms with E-state index in [1.54, 1.807) is 6.92 Å². The first-order chi connectivity index (χ1) is 23.9. The van der Waals surface area contributed by atoms with Crippen molar-refractivity contribution in [2.24, 2.45) is 5.73 Å². The van der Waals surface area contributed by atoms with Gasteiger partial charge in [-0.1, -0.05) is 168 Å². The van der Waals surface area contributed by atoms with E-state index in [1.807, 2.05) is 0 Å². The Labute approximate surface area is 301 Å². The molecule has 2 atom stereocenters. The van der Waals surface area contributed by atoms with Gasteiger partial charge < -0.3 is 15.2 Å². The molecule has 0 bridgehead atoms. The van der Waals surface area contributed by atoms with Gasteiger partial charge in [0.2, 0.25) is 0 Å². The molecular formula is C39H78NO8P. The normalized spacial score (nSPS) is 13.3. The zero-order valence-electron chi connectivity index (χ0n) is 32.2. The summed E-state index contributed by atoms with van der Waals surface area (Å²) in [6, 6.07) is 0. The minimum atomic E-state index is -3.89. The van der Waals surface area contributed by atoms with E-state index in [0.717, 1.165) is 38.5 Å². The molecule has 0 heterocycles. The molecule has 0 saturated heterocycles. The molecule has 0 rings (SSSR count). The summed E-state index contributed by atoms with van der Waals surface area (Å²) in [5.41, 5.74) is 5.48. The van der Waals surface area contributed by atoms with Crippen LogP contribution in [0.2, 0.25) is 0 Å². The molecule has 292 valence electrons. The van der Waals surface area contributed by atoms with Crippen molar-refractivity contribution in [3.05, 3.63) is 0 Å². The fraction of sp³-hybridized carbons (Fsp3) is 0.949. The van der Waals surface area contributed by atoms with Gasteiger partial charge in [-0.25, -0.2) is 4.57 Å². The van der Waals surface area contributed by atoms with Crippen molar-refractivity contribution in [3.8, 4) is 0 Å². The van der Waals surface area contributed by atoms with Gasteiger partial charge in [0.05, 0.1) is 19.8 Å². The van der Waals surface area contributed by atoms with E-state index in [9.17, 15) is 14.2 Å². The highest BCUT2D eigenvalue weighted by Crippen LogP contribution is 2.49. The van der Waals surface area contributed by atoms with Gasteiger partial charge in [-0.2, -0.15) is 0 Å². The summed E-state index contributed by atoms with van der Waals surface area (Å²) >= 11 is 0. The van der Waals surface area contributed by atoms with Crippen LogP contribution in [-0.2, 0) is 37.2 Å². The third kappa shape index (κ3) is 33.9. The Morgan fingerprint density at radius 3 is 1.29 bits per heavy atom. The summed E-state index contributed by atoms with van der Waals surface area (Å²) in [7, 11) is -3.89. The van der Waals surface area contributed by atoms with Crippen LogP contribution in [0.4, 0.5) is 0 Å². The molecule has 0 aliphatic rings. The minimum Gasteiger partial charge on any atom is -0.462 e. The van der Waals surface area contributed by atoms with Crippen molar-refractivity contribution in [3.63, 3.8) is 0 Å². The lowest BCUT2D eigenvalue weighted by Crippen LogP contribution is -2.29. The van der Waals surface area contributed by atoms with Crippen LogP contribution in [0.5, 0.6) is 0 Å². The van der Waals surface area contributed by atoms with Crippen LogP contribution in [0.1, 0.15) is 201 Å². The number of ether oxygens (including phenoxy) is 2. The van der Waals surface area contributed by atoms with Gasteiger partial charge in [-0.15, -0.1) is 0 Å². The van der Waals surface area contributed by atoms with Crippen LogP contribution in [0.3, 0.4) is 0 Å². The summed E-state index contributed by atoms with van der Waals surface area (Å²) in [5.74, 6) is -0.730. The first kappa shape index (κ1) is 48.0. The highest BCUT2D eigenvalue weighted by Gasteiger charge is 2.29. The SMILES string of the molecule is CCCCCCCCCCCCCCCC(=O)OCC(COP(=O)(OCC)OCCN)OC(=O)CCCCCCCCCCCCCCC. The number of rotatable bonds is 39. The van der Waals surface area contributed by atoms with Crippen LogP contribution in [-0.4, -0.2) is 51.0 Å². The molecule has 0 fully saturated rings. The van der Waals surface area contributed by atoms with Crippen LogP contribution in [0, 0.1) is 0 Å². The Morgan fingerprint density at radius 1 is 0.510 bits per heavy atom. The number of carbonyl (C=O) groups is 2. The Morgan fingerprint density at radius 2 is 0.898 bits per heavy atom. The molecule has 0 radical (unpaired) electrons. The Hall–Kier alpha value is -0.990. The first-order valence-electron chi connectivity index (χ1n) is 20.5. The zero-order valence-corrected chi connectivity index (χ0v) is 33.1. The van der Waals surface area contributed by atoms with Gasteiger partial charge in [-0.05, 0) is 19.8 Å². The molecule has 10 heteroatoms. The van der Waals surface area contributed by atoms with Crippen molar-refractivity contribution >= 4 is 19.8 Å². The van der Waals surface area contributed by atoms with Crippen molar-refractivity contribution in [1.82, 2.24) is 0 Å². The lowest BCUT2D eigenvalue weighted by atomic mass is 10.0. The maximum Gasteiger partial charge on any atom is 0.474 e. The molecule has 9 nitrogen and oxygen atoms in total. The summed E-state index contributed by atoms with van der Waals surface area (Å²) in [6.07, 6.45) is 31.7. The second-order valence-corrected chi connectivity index (χ2v) is 15.2. The average molecular weight is 720 g/mol. The summed E-state index contributed by atoms with van der Waals surface area (Å²) in [6.45, 7) is 5.98. The molecule has 0 aliphatic carbocycles. The minimum absolute atomic E-state index is 0.00507. The quantitative estimate of drug-likeness (QED) is 0.0375. The molecule has 0 amide bonds. The maximum atomic E-state index is 12.9. The van der Waals surface area contributed by atoms with Gasteiger partial charge in [0.25, 0.3) is 0 Å². The van der Waals surface area contributed by atoms with Crippen molar-refractivity contribution < 1.29 is 37.2 Å². The number of hydrogen-bond donors (Lipinski definition) is 1. The van der Waals surface area contributed by atoms with E-state index in [4.69, 9.17) is 28.8 Å². The molecule has 0 aromatic heterocycles. The Bertz CT molecular complexity index is 784. The zero-order chi connectivity index (χ0) is 36.1. The highest BCUT2D eigenvalue weighted by atomic mass is 31.2. The third-order valence-electron chi connectivity index (χ3n) is 8.77. The van der Waals surface area contributed by atoms with E-state index in [-0.39, 0.29) is 45.4 Å². The largest absolute Gasteiger partial charge is 0.474 e. The van der Waals surface area contributed by atoms with Gasteiger partial charge in [-0.3, -0.25) is 23.2 Å². The number of phosphoric acid groups is 1. The van der Waals surface area contributed by atoms with Crippen molar-refractivity contribution in [2.45, 2.75) is 207 Å². The molecule has 2 unspecified atom stereocenters. The van der Waals surface area contributed by atoms with Gasteiger partial charge in [0, 0.05) is 19.4 Å². The van der Waals surface area contributed by atoms with E-state index in [0.29, 0.717) is 6.42 Å². The fourth-order valence-electron chi connectivity index (χ4n) is 5.80. The van der Waals surface area contributed by atoms with E-state index < -0.39 is 19.9 Å². The monoisotopic (exact) mass is 720 g/mol. The first-order valence-corrected chi connectivity index (χ1v) is 22.0. The molecule has 0 aromatic rings. The average Bonchev–Trinajstić information content (AvgIpc) is 3.09. The fourth-order valence-corrected chi connectivity index (χ4v) is 7.02. The Balaban J connectivity index is 4.36. The number of esters is 2. The molecule has 49 heavy (non-hydrogen) atoms. The topological polar surface area (TPSA) is 123 Å². The second kappa shape index (κ2) is 36.8. The second-order valence-electron chi connectivity index (χ2n) is 13.6. The van der Waals surface area contributed by atoms with E-state index in [1.165, 1.54) is 128 Å². The van der Waals surface area contributed by atoms with Gasteiger partial charge >= 0.3 is 19.8 Å². The van der Waals surface area contributed by atoms with Gasteiger partial charge in [0.1, 0.15) is 6.61 Å².